The van der Waals surface area contributed by atoms with Gasteiger partial charge in [-0.05, 0) is 0 Å². The van der Waals surface area contributed by atoms with E-state index in [1.165, 1.54) is 0 Å². The van der Waals surface area contributed by atoms with E-state index in [1.807, 2.05) is 0 Å². The molecular weight excluding hydrogens is 214 g/mol. The van der Waals surface area contributed by atoms with Crippen molar-refractivity contribution in [1.29, 1.82) is 0 Å². The predicted molar refractivity (Wildman–Crippen MR) is 55.7 cm³/mol. The van der Waals surface area contributed by atoms with Gasteiger partial charge in [0.2, 0.25) is 0 Å². The van der Waals surface area contributed by atoms with Gasteiger partial charge >= 0.3 is 0 Å². The molecule has 0 aliphatic rings. The molecule has 0 unspecified atom stereocenters. The lowest BCUT2D eigenvalue weighted by Crippen LogP contribution is -2.45. The zero-order valence-electron chi connectivity index (χ0n) is 6.07. The molecule has 0 aliphatic carbocycles. The first kappa shape index (κ1) is 9.97. The summed E-state index contributed by atoms with van der Waals surface area (Å²) in [5.74, 6) is -0.770. The average molecular weight is 214 g/mol. The molecule has 0 spiro atoms. The fourth-order valence-corrected chi connectivity index (χ4v) is 1.19. The molecule has 0 N–H and O–H groups in total. The number of hydrogen-bond donors (Lipinski definition) is 0. The number of hydrogen-bond acceptors (Lipinski definition) is 0. The van der Waals surface area contributed by atoms with Gasteiger partial charge in [-0.25, -0.2) is 4.39 Å². The van der Waals surface area contributed by atoms with Gasteiger partial charge in [-0.15, -0.1) is 0 Å². The van der Waals surface area contributed by atoms with Crippen molar-refractivity contribution in [2.75, 3.05) is 0 Å². The summed E-state index contributed by atoms with van der Waals surface area (Å²) in [6.07, 6.45) is 0. The number of rotatable bonds is 0. The maximum Gasteiger partial charge on any atom is 0.117 e. The molecular formula is C6B4BrF. The Bertz CT molecular complexity index is 234. The van der Waals surface area contributed by atoms with Crippen molar-refractivity contribution >= 4 is 69.2 Å². The van der Waals surface area contributed by atoms with E-state index in [0.717, 1.165) is 0 Å². The Kier molecular flexibility index (Phi) is 2.77. The van der Waals surface area contributed by atoms with Crippen molar-refractivity contribution in [2.45, 2.75) is 0 Å². The van der Waals surface area contributed by atoms with Gasteiger partial charge in [0, 0.05) is 4.47 Å². The standard InChI is InChI=1S/C6B4BrF/c7-1-3(9)6(12)4(10)2(8)5(1)11. The molecule has 6 heteroatoms. The van der Waals surface area contributed by atoms with Gasteiger partial charge in [0.25, 0.3) is 0 Å². The first-order chi connectivity index (χ1) is 5.46. The van der Waals surface area contributed by atoms with E-state index in [2.05, 4.69) is 15.9 Å². The van der Waals surface area contributed by atoms with Crippen LogP contribution in [0.5, 0.6) is 0 Å². The van der Waals surface area contributed by atoms with Crippen LogP contribution < -0.4 is 21.9 Å². The fourth-order valence-electron chi connectivity index (χ4n) is 0.763. The lowest BCUT2D eigenvalue weighted by molar-refractivity contribution is 0.645. The minimum atomic E-state index is -0.770. The van der Waals surface area contributed by atoms with Gasteiger partial charge in [0.05, 0.1) is 0 Å². The monoisotopic (exact) mass is 214 g/mol. The Morgan fingerprint density at radius 1 is 0.833 bits per heavy atom. The highest BCUT2D eigenvalue weighted by Crippen LogP contribution is 1.98. The fraction of sp³-hybridized carbons (Fsp3) is 0. The molecule has 0 fully saturated rings. The van der Waals surface area contributed by atoms with E-state index in [4.69, 9.17) is 31.4 Å². The predicted octanol–water partition coefficient (Wildman–Crippen LogP) is -2.24. The van der Waals surface area contributed by atoms with E-state index in [1.54, 1.807) is 0 Å². The quantitative estimate of drug-likeness (QED) is 0.429. The summed E-state index contributed by atoms with van der Waals surface area (Å²) in [5.41, 5.74) is -0.236. The van der Waals surface area contributed by atoms with Crippen LogP contribution in [0.25, 0.3) is 0 Å². The summed E-state index contributed by atoms with van der Waals surface area (Å²) in [7, 11) is 21.4. The Morgan fingerprint density at radius 3 is 1.50 bits per heavy atom. The lowest BCUT2D eigenvalue weighted by Gasteiger charge is -2.13. The smallest absolute Gasteiger partial charge is 0.117 e. The molecule has 1 aromatic rings. The van der Waals surface area contributed by atoms with Crippen LogP contribution in [0.3, 0.4) is 0 Å². The highest BCUT2D eigenvalue weighted by molar-refractivity contribution is 9.10. The van der Waals surface area contributed by atoms with Crippen molar-refractivity contribution in [1.82, 2.24) is 0 Å². The van der Waals surface area contributed by atoms with E-state index in [-0.39, 0.29) is 21.9 Å². The van der Waals surface area contributed by atoms with Crippen LogP contribution in [0.4, 0.5) is 4.39 Å². The third-order valence-electron chi connectivity index (χ3n) is 1.53. The first-order valence-electron chi connectivity index (χ1n) is 3.03. The van der Waals surface area contributed by atoms with Crippen molar-refractivity contribution < 1.29 is 4.39 Å². The highest BCUT2D eigenvalue weighted by Gasteiger charge is 2.10. The maximum absolute atomic E-state index is 13.0. The van der Waals surface area contributed by atoms with Crippen LogP contribution in [0.15, 0.2) is 4.47 Å². The molecule has 0 amide bonds. The van der Waals surface area contributed by atoms with Crippen LogP contribution in [-0.2, 0) is 0 Å². The zero-order chi connectivity index (χ0) is 9.46. The molecule has 0 aromatic heterocycles. The molecule has 0 bridgehead atoms. The molecule has 0 saturated carbocycles. The SMILES string of the molecule is [B]c1c([B])c(Br)c([B])c([B])c1F. The minimum Gasteiger partial charge on any atom is -0.208 e. The second-order valence-electron chi connectivity index (χ2n) is 2.28. The molecule has 8 radical (unpaired) electrons. The van der Waals surface area contributed by atoms with Crippen molar-refractivity contribution in [3.63, 3.8) is 0 Å². The normalized spacial score (nSPS) is 10.2. The molecule has 0 atom stereocenters. The van der Waals surface area contributed by atoms with E-state index in [0.29, 0.717) is 4.47 Å². The van der Waals surface area contributed by atoms with Crippen molar-refractivity contribution in [3.8, 4) is 0 Å². The molecule has 1 rings (SSSR count). The summed E-state index contributed by atoms with van der Waals surface area (Å²) >= 11 is 3.04. The van der Waals surface area contributed by atoms with E-state index >= 15 is 0 Å². The van der Waals surface area contributed by atoms with Crippen molar-refractivity contribution in [2.24, 2.45) is 0 Å². The third kappa shape index (κ3) is 1.37. The summed E-state index contributed by atoms with van der Waals surface area (Å²) in [5, 5.41) is 0. The molecule has 0 nitrogen and oxygen atoms in total. The Morgan fingerprint density at radius 2 is 1.17 bits per heavy atom. The van der Waals surface area contributed by atoms with Crippen molar-refractivity contribution in [3.05, 3.63) is 10.3 Å². The first-order valence-corrected chi connectivity index (χ1v) is 3.83. The maximum atomic E-state index is 13.0. The lowest BCUT2D eigenvalue weighted by atomic mass is 9.70. The van der Waals surface area contributed by atoms with E-state index in [9.17, 15) is 4.39 Å². The third-order valence-corrected chi connectivity index (χ3v) is 2.38. The number of benzene rings is 1. The molecule has 0 saturated heterocycles. The summed E-state index contributed by atoms with van der Waals surface area (Å²) < 4.78 is 13.3. The molecule has 50 valence electrons. The highest BCUT2D eigenvalue weighted by atomic mass is 79.9. The van der Waals surface area contributed by atoms with Gasteiger partial charge in [-0.2, -0.15) is 0 Å². The van der Waals surface area contributed by atoms with Gasteiger partial charge in [-0.1, -0.05) is 37.8 Å². The summed E-state index contributed by atoms with van der Waals surface area (Å²) in [4.78, 5) is 0. The van der Waals surface area contributed by atoms with Crippen LogP contribution in [0, 0.1) is 5.82 Å². The molecule has 12 heavy (non-hydrogen) atoms. The second kappa shape index (κ2) is 3.33. The molecule has 0 aliphatic heterocycles. The number of halogens is 2. The zero-order valence-corrected chi connectivity index (χ0v) is 7.65. The Labute approximate surface area is 84.1 Å². The van der Waals surface area contributed by atoms with E-state index < -0.39 is 5.82 Å². The van der Waals surface area contributed by atoms with Crippen LogP contribution >= 0.6 is 15.9 Å². The molecule has 1 aromatic carbocycles. The Hall–Kier alpha value is -0.110. The van der Waals surface area contributed by atoms with Gasteiger partial charge in [-0.3, -0.25) is 0 Å². The topological polar surface area (TPSA) is 0 Å². The Balaban J connectivity index is 3.60. The van der Waals surface area contributed by atoms with Crippen LogP contribution in [-0.4, -0.2) is 31.4 Å². The summed E-state index contributed by atoms with van der Waals surface area (Å²) in [6, 6.07) is 0. The largest absolute Gasteiger partial charge is 0.208 e. The van der Waals surface area contributed by atoms with Gasteiger partial charge in [0.1, 0.15) is 37.2 Å². The average Bonchev–Trinajstić information content (AvgIpc) is 2.08. The van der Waals surface area contributed by atoms with Crippen LogP contribution in [0.1, 0.15) is 0 Å². The summed E-state index contributed by atoms with van der Waals surface area (Å²) in [6.45, 7) is 0. The second-order valence-corrected chi connectivity index (χ2v) is 3.08. The van der Waals surface area contributed by atoms with Crippen LogP contribution in [0.2, 0.25) is 0 Å². The molecule has 0 heterocycles. The van der Waals surface area contributed by atoms with Gasteiger partial charge in [0.15, 0.2) is 0 Å². The minimum absolute atomic E-state index is 0.0687. The van der Waals surface area contributed by atoms with Gasteiger partial charge < -0.3 is 0 Å².